The van der Waals surface area contributed by atoms with Gasteiger partial charge in [-0.05, 0) is 12.8 Å². The molecular weight excluding hydrogens is 286 g/mol. The standard InChI is InChI=1S/C12H17NO4S2/c1-4-17-12(16)10-13-8(6-19-10)5-18-9(7(2)3)11(14)15/h6-7,9H,4-5H2,1-3H3,(H,14,15). The molecule has 1 N–H and O–H groups in total. The van der Waals surface area contributed by atoms with Gasteiger partial charge in [0, 0.05) is 11.1 Å². The van der Waals surface area contributed by atoms with Crippen LogP contribution in [0.2, 0.25) is 0 Å². The van der Waals surface area contributed by atoms with Crippen molar-refractivity contribution in [2.75, 3.05) is 6.61 Å². The van der Waals surface area contributed by atoms with E-state index in [1.807, 2.05) is 13.8 Å². The highest BCUT2D eigenvalue weighted by molar-refractivity contribution is 7.99. The van der Waals surface area contributed by atoms with Crippen LogP contribution in [0.4, 0.5) is 0 Å². The predicted octanol–water partition coefficient (Wildman–Crippen LogP) is 2.66. The Morgan fingerprint density at radius 3 is 2.74 bits per heavy atom. The predicted molar refractivity (Wildman–Crippen MR) is 75.6 cm³/mol. The molecule has 0 radical (unpaired) electrons. The van der Waals surface area contributed by atoms with Gasteiger partial charge in [-0.1, -0.05) is 13.8 Å². The minimum absolute atomic E-state index is 0.0469. The van der Waals surface area contributed by atoms with Crippen LogP contribution >= 0.6 is 23.1 Å². The van der Waals surface area contributed by atoms with Crippen molar-refractivity contribution in [3.63, 3.8) is 0 Å². The first-order valence-electron chi connectivity index (χ1n) is 5.91. The molecule has 5 nitrogen and oxygen atoms in total. The van der Waals surface area contributed by atoms with Crippen LogP contribution < -0.4 is 0 Å². The number of esters is 1. The molecular formula is C12H17NO4S2. The SMILES string of the molecule is CCOC(=O)c1nc(CSC(C(=O)O)C(C)C)cs1. The molecule has 0 saturated heterocycles. The molecule has 0 amide bonds. The Morgan fingerprint density at radius 2 is 2.21 bits per heavy atom. The maximum Gasteiger partial charge on any atom is 0.367 e. The van der Waals surface area contributed by atoms with E-state index in [0.29, 0.717) is 23.1 Å². The first-order valence-corrected chi connectivity index (χ1v) is 7.84. The molecule has 0 fully saturated rings. The zero-order valence-corrected chi connectivity index (χ0v) is 12.7. The first-order chi connectivity index (χ1) is 8.95. The second kappa shape index (κ2) is 7.49. The Morgan fingerprint density at radius 1 is 1.53 bits per heavy atom. The molecule has 0 spiro atoms. The number of hydrogen-bond donors (Lipinski definition) is 1. The molecule has 1 aromatic heterocycles. The second-order valence-electron chi connectivity index (χ2n) is 4.18. The summed E-state index contributed by atoms with van der Waals surface area (Å²) in [6, 6.07) is 0. The van der Waals surface area contributed by atoms with E-state index in [9.17, 15) is 9.59 Å². The summed E-state index contributed by atoms with van der Waals surface area (Å²) in [5.41, 5.74) is 0.713. The van der Waals surface area contributed by atoms with Crippen LogP contribution in [0.25, 0.3) is 0 Å². The van der Waals surface area contributed by atoms with E-state index < -0.39 is 17.2 Å². The van der Waals surface area contributed by atoms with Crippen molar-refractivity contribution in [1.82, 2.24) is 4.98 Å². The topological polar surface area (TPSA) is 76.5 Å². The molecule has 1 atom stereocenters. The quantitative estimate of drug-likeness (QED) is 0.780. The van der Waals surface area contributed by atoms with E-state index in [0.717, 1.165) is 0 Å². The number of thiazole rings is 1. The number of carboxylic acids is 1. The van der Waals surface area contributed by atoms with Crippen LogP contribution in [0.3, 0.4) is 0 Å². The number of hydrogen-bond acceptors (Lipinski definition) is 6. The fourth-order valence-electron chi connectivity index (χ4n) is 1.38. The summed E-state index contributed by atoms with van der Waals surface area (Å²) < 4.78 is 4.85. The summed E-state index contributed by atoms with van der Waals surface area (Å²) >= 11 is 2.54. The van der Waals surface area contributed by atoms with Crippen molar-refractivity contribution in [2.45, 2.75) is 31.8 Å². The van der Waals surface area contributed by atoms with Gasteiger partial charge < -0.3 is 9.84 Å². The molecule has 7 heteroatoms. The molecule has 0 bridgehead atoms. The Balaban J connectivity index is 2.59. The summed E-state index contributed by atoms with van der Waals surface area (Å²) in [5, 5.41) is 10.7. The molecule has 0 aliphatic rings. The highest BCUT2D eigenvalue weighted by atomic mass is 32.2. The van der Waals surface area contributed by atoms with Gasteiger partial charge in [-0.15, -0.1) is 23.1 Å². The third kappa shape index (κ3) is 4.83. The molecule has 1 aromatic rings. The number of carboxylic acid groups (broad SMARTS) is 1. The van der Waals surface area contributed by atoms with Gasteiger partial charge in [0.25, 0.3) is 0 Å². The van der Waals surface area contributed by atoms with Crippen LogP contribution in [0.15, 0.2) is 5.38 Å². The number of carbonyl (C=O) groups is 2. The van der Waals surface area contributed by atoms with Crippen molar-refractivity contribution in [1.29, 1.82) is 0 Å². The van der Waals surface area contributed by atoms with Gasteiger partial charge in [-0.25, -0.2) is 9.78 Å². The van der Waals surface area contributed by atoms with Crippen molar-refractivity contribution in [3.8, 4) is 0 Å². The van der Waals surface area contributed by atoms with Crippen molar-refractivity contribution < 1.29 is 19.4 Å². The normalized spacial score (nSPS) is 12.4. The number of aliphatic carboxylic acids is 1. The summed E-state index contributed by atoms with van der Waals surface area (Å²) in [4.78, 5) is 26.6. The second-order valence-corrected chi connectivity index (χ2v) is 6.17. The molecule has 19 heavy (non-hydrogen) atoms. The lowest BCUT2D eigenvalue weighted by Crippen LogP contribution is -2.22. The van der Waals surface area contributed by atoms with Gasteiger partial charge >= 0.3 is 11.9 Å². The fraction of sp³-hybridized carbons (Fsp3) is 0.583. The monoisotopic (exact) mass is 303 g/mol. The summed E-state index contributed by atoms with van der Waals surface area (Å²) in [6.07, 6.45) is 0. The fourth-order valence-corrected chi connectivity index (χ4v) is 3.22. The van der Waals surface area contributed by atoms with E-state index in [1.54, 1.807) is 12.3 Å². The molecule has 0 aromatic carbocycles. The van der Waals surface area contributed by atoms with E-state index in [-0.39, 0.29) is 5.92 Å². The lowest BCUT2D eigenvalue weighted by molar-refractivity contribution is -0.137. The summed E-state index contributed by atoms with van der Waals surface area (Å²) in [7, 11) is 0. The van der Waals surface area contributed by atoms with Crippen LogP contribution in [-0.2, 0) is 15.3 Å². The maximum absolute atomic E-state index is 11.4. The summed E-state index contributed by atoms with van der Waals surface area (Å²) in [5.74, 6) is -0.723. The van der Waals surface area contributed by atoms with Gasteiger partial charge in [-0.3, -0.25) is 4.79 Å². The average Bonchev–Trinajstić information content (AvgIpc) is 2.77. The van der Waals surface area contributed by atoms with Gasteiger partial charge in [0.2, 0.25) is 5.01 Å². The number of nitrogens with zero attached hydrogens (tertiary/aromatic N) is 1. The molecule has 1 rings (SSSR count). The minimum Gasteiger partial charge on any atom is -0.480 e. The van der Waals surface area contributed by atoms with Gasteiger partial charge in [0.1, 0.15) is 5.25 Å². The largest absolute Gasteiger partial charge is 0.480 e. The van der Waals surface area contributed by atoms with Gasteiger partial charge in [0.05, 0.1) is 12.3 Å². The average molecular weight is 303 g/mol. The molecule has 0 saturated carbocycles. The summed E-state index contributed by atoms with van der Waals surface area (Å²) in [6.45, 7) is 5.80. The number of aromatic nitrogens is 1. The van der Waals surface area contributed by atoms with E-state index in [1.165, 1.54) is 23.1 Å². The maximum atomic E-state index is 11.4. The Hall–Kier alpha value is -1.08. The van der Waals surface area contributed by atoms with Crippen LogP contribution in [0, 0.1) is 5.92 Å². The van der Waals surface area contributed by atoms with Crippen molar-refractivity contribution in [2.24, 2.45) is 5.92 Å². The lowest BCUT2D eigenvalue weighted by atomic mass is 10.1. The molecule has 106 valence electrons. The van der Waals surface area contributed by atoms with Gasteiger partial charge in [-0.2, -0.15) is 0 Å². The highest BCUT2D eigenvalue weighted by Gasteiger charge is 2.22. The molecule has 1 unspecified atom stereocenters. The Labute approximate surface area is 120 Å². The van der Waals surface area contributed by atoms with Crippen LogP contribution in [-0.4, -0.2) is 33.9 Å². The highest BCUT2D eigenvalue weighted by Crippen LogP contribution is 2.25. The van der Waals surface area contributed by atoms with Crippen molar-refractivity contribution in [3.05, 3.63) is 16.1 Å². The zero-order chi connectivity index (χ0) is 14.4. The first kappa shape index (κ1) is 16.0. The Bertz CT molecular complexity index is 445. The molecule has 1 heterocycles. The number of carbonyl (C=O) groups excluding carboxylic acids is 1. The smallest absolute Gasteiger partial charge is 0.367 e. The van der Waals surface area contributed by atoms with Crippen LogP contribution in [0.1, 0.15) is 36.3 Å². The number of rotatable bonds is 7. The molecule has 0 aliphatic carbocycles. The number of ether oxygens (including phenoxy) is 1. The van der Waals surface area contributed by atoms with Crippen LogP contribution in [0.5, 0.6) is 0 Å². The minimum atomic E-state index is -0.819. The van der Waals surface area contributed by atoms with E-state index >= 15 is 0 Å². The lowest BCUT2D eigenvalue weighted by Gasteiger charge is -2.14. The third-order valence-electron chi connectivity index (χ3n) is 2.26. The Kier molecular flexibility index (Phi) is 6.30. The van der Waals surface area contributed by atoms with Crippen molar-refractivity contribution >= 4 is 35.0 Å². The van der Waals surface area contributed by atoms with E-state index in [2.05, 4.69) is 4.98 Å². The molecule has 0 aliphatic heterocycles. The number of thioether (sulfide) groups is 1. The van der Waals surface area contributed by atoms with Gasteiger partial charge in [0.15, 0.2) is 0 Å². The third-order valence-corrected chi connectivity index (χ3v) is 4.70. The van der Waals surface area contributed by atoms with E-state index in [4.69, 9.17) is 9.84 Å². The zero-order valence-electron chi connectivity index (χ0n) is 11.1.